The Bertz CT molecular complexity index is 1130. The van der Waals surface area contributed by atoms with Crippen molar-refractivity contribution < 1.29 is 28.6 Å². The second-order valence-electron chi connectivity index (χ2n) is 10.0. The Balaban J connectivity index is 2.17. The Morgan fingerprint density at radius 2 is 1.84 bits per heavy atom. The number of carbonyl (C=O) groups excluding carboxylic acids is 3. The summed E-state index contributed by atoms with van der Waals surface area (Å²) >= 11 is 6.44. The molecule has 8 nitrogen and oxygen atoms in total. The van der Waals surface area contributed by atoms with Gasteiger partial charge in [-0.15, -0.1) is 0 Å². The third-order valence-corrected chi connectivity index (χ3v) is 6.10. The number of methoxy groups -OCH3 is 1. The van der Waals surface area contributed by atoms with Crippen LogP contribution in [0.5, 0.6) is 5.75 Å². The van der Waals surface area contributed by atoms with Gasteiger partial charge in [-0.2, -0.15) is 0 Å². The summed E-state index contributed by atoms with van der Waals surface area (Å²) in [7, 11) is 1.56. The van der Waals surface area contributed by atoms with E-state index < -0.39 is 18.0 Å². The predicted octanol–water partition coefficient (Wildman–Crippen LogP) is 4.63. The van der Waals surface area contributed by atoms with Gasteiger partial charge in [-0.25, -0.2) is 0 Å². The first-order chi connectivity index (χ1) is 17.5. The maximum absolute atomic E-state index is 13.7. The Morgan fingerprint density at radius 3 is 2.51 bits per heavy atom. The lowest BCUT2D eigenvalue weighted by Crippen LogP contribution is -2.43. The highest BCUT2D eigenvalue weighted by Crippen LogP contribution is 2.40. The molecule has 0 saturated carbocycles. The molecule has 0 saturated heterocycles. The molecule has 3 rings (SSSR count). The van der Waals surface area contributed by atoms with Crippen LogP contribution < -0.4 is 9.64 Å². The fourth-order valence-electron chi connectivity index (χ4n) is 4.26. The summed E-state index contributed by atoms with van der Waals surface area (Å²) in [6.45, 7) is 7.94. The molecule has 1 atom stereocenters. The van der Waals surface area contributed by atoms with E-state index in [9.17, 15) is 14.4 Å². The number of halogens is 1. The van der Waals surface area contributed by atoms with Crippen LogP contribution in [0.15, 0.2) is 42.5 Å². The van der Waals surface area contributed by atoms with Crippen molar-refractivity contribution >= 4 is 35.1 Å². The minimum absolute atomic E-state index is 0.0304. The average Bonchev–Trinajstić information content (AvgIpc) is 2.86. The summed E-state index contributed by atoms with van der Waals surface area (Å²) in [4.78, 5) is 42.1. The number of fused-ring (bicyclic) bond motifs is 1. The van der Waals surface area contributed by atoms with E-state index in [4.69, 9.17) is 25.8 Å². The third kappa shape index (κ3) is 7.46. The van der Waals surface area contributed by atoms with Crippen molar-refractivity contribution in [3.8, 4) is 5.75 Å². The number of carbonyl (C=O) groups is 3. The van der Waals surface area contributed by atoms with Crippen LogP contribution in [0.25, 0.3) is 0 Å². The SMILES string of the molecule is CCOC(=O)CN1CCC(=O)N(CC(C)(C)C)c2ccc(Cl)cc2C(c2ccccc2OC)OCC1=O. The highest BCUT2D eigenvalue weighted by atomic mass is 35.5. The summed E-state index contributed by atoms with van der Waals surface area (Å²) in [6.07, 6.45) is -0.741. The molecule has 0 N–H and O–H groups in total. The molecule has 1 aliphatic rings. The van der Waals surface area contributed by atoms with Crippen LogP contribution in [0.4, 0.5) is 5.69 Å². The van der Waals surface area contributed by atoms with Gasteiger partial charge in [0.1, 0.15) is 25.0 Å². The fraction of sp³-hybridized carbons (Fsp3) is 0.464. The molecule has 1 aliphatic heterocycles. The predicted molar refractivity (Wildman–Crippen MR) is 142 cm³/mol. The van der Waals surface area contributed by atoms with Gasteiger partial charge in [0, 0.05) is 41.3 Å². The minimum Gasteiger partial charge on any atom is -0.496 e. The Morgan fingerprint density at radius 1 is 1.11 bits per heavy atom. The van der Waals surface area contributed by atoms with Crippen LogP contribution in [-0.4, -0.2) is 62.6 Å². The molecule has 0 fully saturated rings. The summed E-state index contributed by atoms with van der Waals surface area (Å²) in [6, 6.07) is 12.7. The van der Waals surface area contributed by atoms with E-state index in [2.05, 4.69) is 0 Å². The van der Waals surface area contributed by atoms with Gasteiger partial charge in [0.25, 0.3) is 0 Å². The van der Waals surface area contributed by atoms with Crippen LogP contribution in [-0.2, 0) is 23.9 Å². The standard InChI is InChI=1S/C28H35ClN2O6/c1-6-36-26(34)16-30-14-13-24(32)31(18-28(2,3)4)22-12-11-19(29)15-21(22)27(37-17-25(30)33)20-9-7-8-10-23(20)35-5/h7-12,15,27H,6,13-14,16-18H2,1-5H3. The maximum atomic E-state index is 13.7. The number of ether oxygens (including phenoxy) is 3. The van der Waals surface area contributed by atoms with Gasteiger partial charge in [0.15, 0.2) is 0 Å². The van der Waals surface area contributed by atoms with Crippen LogP contribution in [0.2, 0.25) is 5.02 Å². The highest BCUT2D eigenvalue weighted by Gasteiger charge is 2.32. The van der Waals surface area contributed by atoms with Crippen molar-refractivity contribution in [2.75, 3.05) is 44.9 Å². The van der Waals surface area contributed by atoms with E-state index >= 15 is 0 Å². The number of para-hydroxylation sites is 1. The summed E-state index contributed by atoms with van der Waals surface area (Å²) in [5.74, 6) is -0.576. The third-order valence-electron chi connectivity index (χ3n) is 5.86. The van der Waals surface area contributed by atoms with Crippen molar-refractivity contribution in [2.24, 2.45) is 5.41 Å². The van der Waals surface area contributed by atoms with E-state index in [-0.39, 0.29) is 44.0 Å². The van der Waals surface area contributed by atoms with E-state index in [0.29, 0.717) is 34.1 Å². The Labute approximate surface area is 223 Å². The summed E-state index contributed by atoms with van der Waals surface area (Å²) in [5, 5.41) is 0.468. The number of amides is 2. The van der Waals surface area contributed by atoms with Crippen LogP contribution in [0, 0.1) is 5.41 Å². The molecule has 0 aliphatic carbocycles. The van der Waals surface area contributed by atoms with Gasteiger partial charge in [0.05, 0.1) is 13.7 Å². The van der Waals surface area contributed by atoms with Crippen molar-refractivity contribution in [3.63, 3.8) is 0 Å². The molecule has 0 radical (unpaired) electrons. The Kier molecular flexibility index (Phi) is 9.56. The van der Waals surface area contributed by atoms with Crippen molar-refractivity contribution in [1.82, 2.24) is 4.90 Å². The largest absolute Gasteiger partial charge is 0.496 e. The van der Waals surface area contributed by atoms with E-state index in [0.717, 1.165) is 0 Å². The molecule has 0 spiro atoms. The lowest BCUT2D eigenvalue weighted by molar-refractivity contribution is -0.151. The van der Waals surface area contributed by atoms with Crippen LogP contribution in [0.3, 0.4) is 0 Å². The maximum Gasteiger partial charge on any atom is 0.325 e. The second-order valence-corrected chi connectivity index (χ2v) is 10.5. The zero-order chi connectivity index (χ0) is 27.2. The molecule has 1 heterocycles. The molecule has 2 amide bonds. The monoisotopic (exact) mass is 530 g/mol. The average molecular weight is 531 g/mol. The first-order valence-electron chi connectivity index (χ1n) is 12.3. The number of hydrogen-bond donors (Lipinski definition) is 0. The normalized spacial score (nSPS) is 17.2. The molecule has 37 heavy (non-hydrogen) atoms. The van der Waals surface area contributed by atoms with Gasteiger partial charge in [-0.1, -0.05) is 50.6 Å². The zero-order valence-corrected chi connectivity index (χ0v) is 22.8. The lowest BCUT2D eigenvalue weighted by Gasteiger charge is -2.33. The van der Waals surface area contributed by atoms with Gasteiger partial charge < -0.3 is 24.0 Å². The van der Waals surface area contributed by atoms with Crippen molar-refractivity contribution in [1.29, 1.82) is 0 Å². The molecule has 2 aromatic rings. The second kappa shape index (κ2) is 12.4. The molecule has 9 heteroatoms. The molecule has 0 bridgehead atoms. The molecule has 0 aromatic heterocycles. The quantitative estimate of drug-likeness (QED) is 0.506. The summed E-state index contributed by atoms with van der Waals surface area (Å²) in [5.41, 5.74) is 1.74. The number of esters is 1. The topological polar surface area (TPSA) is 85.4 Å². The number of benzene rings is 2. The first-order valence-corrected chi connectivity index (χ1v) is 12.7. The lowest BCUT2D eigenvalue weighted by atomic mass is 9.93. The van der Waals surface area contributed by atoms with Crippen molar-refractivity contribution in [3.05, 3.63) is 58.6 Å². The fourth-order valence-corrected chi connectivity index (χ4v) is 4.44. The number of anilines is 1. The highest BCUT2D eigenvalue weighted by molar-refractivity contribution is 6.30. The van der Waals surface area contributed by atoms with Crippen LogP contribution in [0.1, 0.15) is 51.3 Å². The number of rotatable bonds is 6. The van der Waals surface area contributed by atoms with Crippen molar-refractivity contribution in [2.45, 2.75) is 40.2 Å². The van der Waals surface area contributed by atoms with E-state index in [1.54, 1.807) is 37.1 Å². The summed E-state index contributed by atoms with van der Waals surface area (Å²) < 4.78 is 16.9. The molecule has 2 aromatic carbocycles. The Hall–Kier alpha value is -3.10. The first kappa shape index (κ1) is 28.5. The molecule has 200 valence electrons. The van der Waals surface area contributed by atoms with Gasteiger partial charge in [-0.05, 0) is 36.6 Å². The molecular formula is C28H35ClN2O6. The molecule has 1 unspecified atom stereocenters. The number of hydrogen-bond acceptors (Lipinski definition) is 6. The zero-order valence-electron chi connectivity index (χ0n) is 22.1. The van der Waals surface area contributed by atoms with Gasteiger partial charge in [0.2, 0.25) is 11.8 Å². The van der Waals surface area contributed by atoms with E-state index in [1.807, 2.05) is 45.0 Å². The van der Waals surface area contributed by atoms with E-state index in [1.165, 1.54) is 4.90 Å². The number of nitrogens with zero attached hydrogens (tertiary/aromatic N) is 2. The molecular weight excluding hydrogens is 496 g/mol. The van der Waals surface area contributed by atoms with Gasteiger partial charge in [-0.3, -0.25) is 14.4 Å². The van der Waals surface area contributed by atoms with Gasteiger partial charge >= 0.3 is 5.97 Å². The minimum atomic E-state index is -0.772. The van der Waals surface area contributed by atoms with Crippen LogP contribution >= 0.6 is 11.6 Å². The smallest absolute Gasteiger partial charge is 0.325 e.